The van der Waals surface area contributed by atoms with Gasteiger partial charge in [0.25, 0.3) is 0 Å². The Bertz CT molecular complexity index is 273. The van der Waals surface area contributed by atoms with Crippen LogP contribution in [0.4, 0.5) is 0 Å². The second-order valence-corrected chi connectivity index (χ2v) is 9.11. The molecule has 0 aromatic heterocycles. The highest BCUT2D eigenvalue weighted by Gasteiger charge is 2.08. The van der Waals surface area contributed by atoms with Crippen molar-refractivity contribution < 1.29 is 9.47 Å². The van der Waals surface area contributed by atoms with E-state index in [2.05, 4.69) is 13.8 Å². The van der Waals surface area contributed by atoms with Crippen LogP contribution in [0.1, 0.15) is 149 Å². The average Bonchev–Trinajstić information content (AvgIpc) is 2.75. The molecule has 0 radical (unpaired) electrons. The number of nitrogens with two attached hydrogens (primary N) is 1. The summed E-state index contributed by atoms with van der Waals surface area (Å²) in [6.07, 6.45) is 27.9. The van der Waals surface area contributed by atoms with Gasteiger partial charge in [-0.3, -0.25) is 0 Å². The molecular weight excluding hydrogens is 370 g/mol. The van der Waals surface area contributed by atoms with Crippen molar-refractivity contribution >= 4 is 0 Å². The summed E-state index contributed by atoms with van der Waals surface area (Å²) in [5.74, 6) is 0. The molecule has 0 unspecified atom stereocenters. The third-order valence-corrected chi connectivity index (χ3v) is 6.01. The molecule has 0 atom stereocenters. The molecule has 0 rings (SSSR count). The van der Waals surface area contributed by atoms with Gasteiger partial charge in [-0.05, 0) is 19.4 Å². The van der Waals surface area contributed by atoms with Crippen LogP contribution in [0.2, 0.25) is 0 Å². The first-order valence-electron chi connectivity index (χ1n) is 13.8. The van der Waals surface area contributed by atoms with Crippen LogP contribution < -0.4 is 5.73 Å². The van der Waals surface area contributed by atoms with Crippen molar-refractivity contribution in [3.8, 4) is 0 Å². The predicted molar refractivity (Wildman–Crippen MR) is 133 cm³/mol. The minimum atomic E-state index is -0.0906. The van der Waals surface area contributed by atoms with E-state index in [0.717, 1.165) is 32.5 Å². The van der Waals surface area contributed by atoms with Crippen LogP contribution in [0.5, 0.6) is 0 Å². The maximum Gasteiger partial charge on any atom is 0.158 e. The van der Waals surface area contributed by atoms with Gasteiger partial charge < -0.3 is 15.2 Å². The normalized spacial score (nSPS) is 11.6. The molecule has 30 heavy (non-hydrogen) atoms. The molecule has 0 aliphatic heterocycles. The fraction of sp³-hybridized carbons (Fsp3) is 1.00. The maximum absolute atomic E-state index is 5.94. The molecule has 3 heteroatoms. The molecule has 0 aliphatic carbocycles. The maximum atomic E-state index is 5.94. The van der Waals surface area contributed by atoms with E-state index in [0.29, 0.717) is 6.54 Å². The Kier molecular flexibility index (Phi) is 26.8. The van der Waals surface area contributed by atoms with E-state index in [1.165, 1.54) is 116 Å². The molecule has 0 heterocycles. The molecule has 0 amide bonds. The highest BCUT2D eigenvalue weighted by atomic mass is 16.7. The minimum absolute atomic E-state index is 0.0906. The van der Waals surface area contributed by atoms with Crippen LogP contribution in [0.25, 0.3) is 0 Å². The Labute approximate surface area is 190 Å². The van der Waals surface area contributed by atoms with Gasteiger partial charge in [0.2, 0.25) is 0 Å². The first-order valence-corrected chi connectivity index (χ1v) is 13.8. The monoisotopic (exact) mass is 427 g/mol. The Morgan fingerprint density at radius 1 is 0.467 bits per heavy atom. The summed E-state index contributed by atoms with van der Waals surface area (Å²) >= 11 is 0. The lowest BCUT2D eigenvalue weighted by Crippen LogP contribution is -2.22. The van der Waals surface area contributed by atoms with Gasteiger partial charge in [0.15, 0.2) is 6.29 Å². The molecule has 0 bridgehead atoms. The summed E-state index contributed by atoms with van der Waals surface area (Å²) < 4.78 is 11.9. The predicted octanol–water partition coefficient (Wildman–Crippen LogP) is 8.54. The van der Waals surface area contributed by atoms with E-state index < -0.39 is 0 Å². The van der Waals surface area contributed by atoms with E-state index >= 15 is 0 Å². The van der Waals surface area contributed by atoms with Crippen LogP contribution >= 0.6 is 0 Å². The zero-order valence-electron chi connectivity index (χ0n) is 20.9. The van der Waals surface area contributed by atoms with E-state index in [-0.39, 0.29) is 6.29 Å². The fourth-order valence-corrected chi connectivity index (χ4v) is 3.96. The molecule has 0 saturated heterocycles. The minimum Gasteiger partial charge on any atom is -0.353 e. The van der Waals surface area contributed by atoms with Gasteiger partial charge in [-0.15, -0.1) is 0 Å². The van der Waals surface area contributed by atoms with Crippen molar-refractivity contribution in [2.24, 2.45) is 5.73 Å². The first kappa shape index (κ1) is 29.9. The Balaban J connectivity index is 3.40. The zero-order valence-corrected chi connectivity index (χ0v) is 20.9. The first-order chi connectivity index (χ1) is 14.8. The summed E-state index contributed by atoms with van der Waals surface area (Å²) in [4.78, 5) is 0. The topological polar surface area (TPSA) is 44.5 Å². The lowest BCUT2D eigenvalue weighted by atomic mass is 10.1. The van der Waals surface area contributed by atoms with Crippen LogP contribution in [0, 0.1) is 0 Å². The highest BCUT2D eigenvalue weighted by molar-refractivity contribution is 4.51. The van der Waals surface area contributed by atoms with Gasteiger partial charge in [-0.25, -0.2) is 0 Å². The largest absolute Gasteiger partial charge is 0.353 e. The van der Waals surface area contributed by atoms with Crippen LogP contribution in [-0.2, 0) is 9.47 Å². The second-order valence-electron chi connectivity index (χ2n) is 9.11. The molecule has 0 aliphatic rings. The number of hydrogen-bond acceptors (Lipinski definition) is 3. The zero-order chi connectivity index (χ0) is 22.0. The van der Waals surface area contributed by atoms with E-state index in [9.17, 15) is 0 Å². The van der Waals surface area contributed by atoms with Crippen molar-refractivity contribution in [2.45, 2.75) is 155 Å². The van der Waals surface area contributed by atoms with Crippen molar-refractivity contribution in [1.82, 2.24) is 0 Å². The molecule has 3 nitrogen and oxygen atoms in total. The van der Waals surface area contributed by atoms with Gasteiger partial charge in [-0.2, -0.15) is 0 Å². The summed E-state index contributed by atoms with van der Waals surface area (Å²) in [6.45, 7) is 6.84. The second kappa shape index (κ2) is 26.9. The number of ether oxygens (including phenoxy) is 2. The SMILES string of the molecule is CCCCCCCCCCCCOC(CCN)OCCCCCCCCCCCC. The van der Waals surface area contributed by atoms with Gasteiger partial charge in [0.1, 0.15) is 0 Å². The highest BCUT2D eigenvalue weighted by Crippen LogP contribution is 2.13. The Morgan fingerprint density at radius 3 is 1.07 bits per heavy atom. The standard InChI is InChI=1S/C27H57NO2/c1-3-5-7-9-11-13-15-17-19-21-25-29-27(23-24-28)30-26-22-20-18-16-14-12-10-8-6-4-2/h27H,3-26,28H2,1-2H3. The molecular formula is C27H57NO2. The molecule has 0 spiro atoms. The quantitative estimate of drug-likeness (QED) is 0.111. The summed E-state index contributed by atoms with van der Waals surface area (Å²) in [6, 6.07) is 0. The van der Waals surface area contributed by atoms with Crippen molar-refractivity contribution in [2.75, 3.05) is 19.8 Å². The summed E-state index contributed by atoms with van der Waals surface area (Å²) in [7, 11) is 0. The Hall–Kier alpha value is -0.120. The van der Waals surface area contributed by atoms with Crippen LogP contribution in [0.15, 0.2) is 0 Å². The summed E-state index contributed by atoms with van der Waals surface area (Å²) in [5, 5.41) is 0. The lowest BCUT2D eigenvalue weighted by Gasteiger charge is -2.18. The average molecular weight is 428 g/mol. The molecule has 0 aromatic rings. The summed E-state index contributed by atoms with van der Waals surface area (Å²) in [5.41, 5.74) is 5.73. The van der Waals surface area contributed by atoms with E-state index in [4.69, 9.17) is 15.2 Å². The third kappa shape index (κ3) is 24.2. The van der Waals surface area contributed by atoms with Crippen molar-refractivity contribution in [3.63, 3.8) is 0 Å². The van der Waals surface area contributed by atoms with Gasteiger partial charge >= 0.3 is 0 Å². The van der Waals surface area contributed by atoms with Gasteiger partial charge in [0, 0.05) is 19.6 Å². The number of hydrogen-bond donors (Lipinski definition) is 1. The van der Waals surface area contributed by atoms with Crippen molar-refractivity contribution in [1.29, 1.82) is 0 Å². The smallest absolute Gasteiger partial charge is 0.158 e. The van der Waals surface area contributed by atoms with Crippen LogP contribution in [-0.4, -0.2) is 26.0 Å². The molecule has 0 saturated carbocycles. The Morgan fingerprint density at radius 2 is 0.767 bits per heavy atom. The number of rotatable bonds is 26. The molecule has 2 N–H and O–H groups in total. The number of unbranched alkanes of at least 4 members (excludes halogenated alkanes) is 18. The van der Waals surface area contributed by atoms with Crippen LogP contribution in [0.3, 0.4) is 0 Å². The van der Waals surface area contributed by atoms with E-state index in [1.54, 1.807) is 0 Å². The fourth-order valence-electron chi connectivity index (χ4n) is 3.96. The lowest BCUT2D eigenvalue weighted by molar-refractivity contribution is -0.145. The van der Waals surface area contributed by atoms with Crippen molar-refractivity contribution in [3.05, 3.63) is 0 Å². The molecule has 0 fully saturated rings. The molecule has 0 aromatic carbocycles. The third-order valence-electron chi connectivity index (χ3n) is 6.01. The van der Waals surface area contributed by atoms with Gasteiger partial charge in [-0.1, -0.05) is 129 Å². The molecule has 182 valence electrons. The van der Waals surface area contributed by atoms with E-state index in [1.807, 2.05) is 0 Å². The van der Waals surface area contributed by atoms with Gasteiger partial charge in [0.05, 0.1) is 0 Å².